The average molecular weight is 502 g/mol. The fourth-order valence-corrected chi connectivity index (χ4v) is 3.90. The van der Waals surface area contributed by atoms with E-state index in [9.17, 15) is 9.67 Å². The highest BCUT2D eigenvalue weighted by Crippen LogP contribution is 2.35. The number of aryl methyl sites for hydroxylation is 2. The zero-order valence-corrected chi connectivity index (χ0v) is 21.7. The first-order valence-electron chi connectivity index (χ1n) is 11.4. The van der Waals surface area contributed by atoms with Gasteiger partial charge in [-0.25, -0.2) is 0 Å². The Hall–Kier alpha value is -2.67. The lowest BCUT2D eigenvalue weighted by molar-refractivity contribution is 0.243. The largest absolute Gasteiger partial charge is 0.508 e. The molecule has 3 aromatic carbocycles. The number of aliphatic hydroxyl groups excluding tert-OH is 1. The molecule has 0 aliphatic rings. The average Bonchev–Trinajstić information content (AvgIpc) is 2.77. The van der Waals surface area contributed by atoms with Gasteiger partial charge < -0.3 is 29.6 Å². The highest BCUT2D eigenvalue weighted by atomic mass is 31.2. The van der Waals surface area contributed by atoms with Crippen molar-refractivity contribution in [2.75, 3.05) is 33.6 Å². The number of phenols is 1. The summed E-state index contributed by atoms with van der Waals surface area (Å²) in [5.41, 5.74) is 6.21. The summed E-state index contributed by atoms with van der Waals surface area (Å²) >= 11 is 0. The van der Waals surface area contributed by atoms with Crippen molar-refractivity contribution < 1.29 is 29.3 Å². The lowest BCUT2D eigenvalue weighted by atomic mass is 9.93. The van der Waals surface area contributed by atoms with Gasteiger partial charge in [-0.1, -0.05) is 42.5 Å². The molecule has 0 fully saturated rings. The Bertz CT molecular complexity index is 1100. The van der Waals surface area contributed by atoms with Gasteiger partial charge in [0, 0.05) is 13.0 Å². The summed E-state index contributed by atoms with van der Waals surface area (Å²) in [5.74, 6) is 0.731. The fourth-order valence-electron chi connectivity index (χ4n) is 3.58. The van der Waals surface area contributed by atoms with Crippen molar-refractivity contribution in [3.63, 3.8) is 0 Å². The molecule has 0 amide bonds. The van der Waals surface area contributed by atoms with Crippen molar-refractivity contribution in [3.05, 3.63) is 94.0 Å². The summed E-state index contributed by atoms with van der Waals surface area (Å²) < 4.78 is 16.3. The van der Waals surface area contributed by atoms with Crippen molar-refractivity contribution in [1.82, 2.24) is 4.90 Å². The lowest BCUT2D eigenvalue weighted by Crippen LogP contribution is -2.15. The Morgan fingerprint density at radius 3 is 2.03 bits per heavy atom. The number of nitrogens with zero attached hydrogens (tertiary/aromatic N) is 1. The number of ether oxygens (including phenoxy) is 1. The molecule has 3 rings (SSSR count). The molecule has 0 aliphatic heterocycles. The van der Waals surface area contributed by atoms with Gasteiger partial charge in [-0.05, 0) is 85.9 Å². The van der Waals surface area contributed by atoms with Crippen LogP contribution >= 0.6 is 7.60 Å². The standard InChI is InChI=1S/C23H25O5P.C4H11NO/c1-16-10-21(28-15-29(25,26)27)11-17(2)22(16)14-19-8-9-23(24)20(13-19)12-18-6-4-3-5-7-18;1-5(2)3-4-6/h3-11,13,24H,12,14-15H2,1-2H3,(H2,25,26,27);6H,3-4H2,1-2H3. The molecule has 0 spiro atoms. The lowest BCUT2D eigenvalue weighted by Gasteiger charge is -2.15. The van der Waals surface area contributed by atoms with Gasteiger partial charge in [-0.3, -0.25) is 4.57 Å². The molecular weight excluding hydrogens is 465 g/mol. The number of rotatable bonds is 9. The first-order valence-corrected chi connectivity index (χ1v) is 13.2. The number of likely N-dealkylation sites (N-methyl/N-ethyl adjacent to an activating group) is 1. The number of phenolic OH excluding ortho intramolecular Hbond substituents is 1. The van der Waals surface area contributed by atoms with Crippen molar-refractivity contribution in [2.45, 2.75) is 26.7 Å². The molecular formula is C27H36NO6P. The third-order valence-electron chi connectivity index (χ3n) is 5.38. The van der Waals surface area contributed by atoms with E-state index in [-0.39, 0.29) is 12.4 Å². The second-order valence-electron chi connectivity index (χ2n) is 8.80. The van der Waals surface area contributed by atoms with Gasteiger partial charge in [0.2, 0.25) is 0 Å². The third kappa shape index (κ3) is 10.2. The molecule has 0 unspecified atom stereocenters. The minimum atomic E-state index is -4.21. The van der Waals surface area contributed by atoms with E-state index >= 15 is 0 Å². The van der Waals surface area contributed by atoms with E-state index in [1.54, 1.807) is 18.2 Å². The van der Waals surface area contributed by atoms with Crippen LogP contribution in [0.25, 0.3) is 0 Å². The van der Waals surface area contributed by atoms with Crippen LogP contribution in [-0.4, -0.2) is 58.5 Å². The Labute approximate surface area is 207 Å². The Morgan fingerprint density at radius 1 is 0.886 bits per heavy atom. The van der Waals surface area contributed by atoms with Crippen molar-refractivity contribution in [2.24, 2.45) is 0 Å². The first-order chi connectivity index (χ1) is 16.5. The zero-order valence-electron chi connectivity index (χ0n) is 20.8. The number of hydrogen-bond donors (Lipinski definition) is 4. The van der Waals surface area contributed by atoms with Gasteiger partial charge in [0.25, 0.3) is 0 Å². The summed E-state index contributed by atoms with van der Waals surface area (Å²) in [6.07, 6.45) is 0.720. The summed E-state index contributed by atoms with van der Waals surface area (Å²) in [6.45, 7) is 4.93. The molecule has 0 heterocycles. The predicted molar refractivity (Wildman–Crippen MR) is 139 cm³/mol. The van der Waals surface area contributed by atoms with E-state index in [0.717, 1.165) is 39.9 Å². The van der Waals surface area contributed by atoms with E-state index in [4.69, 9.17) is 19.6 Å². The molecule has 0 bridgehead atoms. The molecule has 3 aromatic rings. The fraction of sp³-hybridized carbons (Fsp3) is 0.333. The van der Waals surface area contributed by atoms with Crippen LogP contribution in [-0.2, 0) is 17.4 Å². The van der Waals surface area contributed by atoms with Crippen molar-refractivity contribution >= 4 is 7.60 Å². The number of aliphatic hydroxyl groups is 1. The van der Waals surface area contributed by atoms with Crippen LogP contribution in [0, 0.1) is 13.8 Å². The highest BCUT2D eigenvalue weighted by Gasteiger charge is 2.15. The van der Waals surface area contributed by atoms with Gasteiger partial charge in [-0.15, -0.1) is 0 Å². The quantitative estimate of drug-likeness (QED) is 0.325. The molecule has 0 atom stereocenters. The summed E-state index contributed by atoms with van der Waals surface area (Å²) in [4.78, 5) is 19.9. The smallest absolute Gasteiger partial charge is 0.362 e. The number of hydrogen-bond acceptors (Lipinski definition) is 5. The zero-order chi connectivity index (χ0) is 26.0. The summed E-state index contributed by atoms with van der Waals surface area (Å²) in [7, 11) is -0.360. The van der Waals surface area contributed by atoms with Crippen LogP contribution in [0.1, 0.15) is 33.4 Å². The molecule has 7 nitrogen and oxygen atoms in total. The van der Waals surface area contributed by atoms with Crippen LogP contribution < -0.4 is 4.74 Å². The van der Waals surface area contributed by atoms with Gasteiger partial charge in [0.15, 0.2) is 6.35 Å². The van der Waals surface area contributed by atoms with Crippen LogP contribution in [0.3, 0.4) is 0 Å². The summed E-state index contributed by atoms with van der Waals surface area (Å²) in [6, 6.07) is 19.3. The molecule has 0 saturated heterocycles. The maximum atomic E-state index is 11.0. The van der Waals surface area contributed by atoms with E-state index < -0.39 is 13.9 Å². The van der Waals surface area contributed by atoms with Crippen LogP contribution in [0.2, 0.25) is 0 Å². The predicted octanol–water partition coefficient (Wildman–Crippen LogP) is 4.24. The maximum Gasteiger partial charge on any atom is 0.362 e. The molecule has 0 aromatic heterocycles. The number of aromatic hydroxyl groups is 1. The third-order valence-corrected chi connectivity index (χ3v) is 5.84. The topological polar surface area (TPSA) is 110 Å². The normalized spacial score (nSPS) is 11.2. The maximum absolute atomic E-state index is 11.0. The van der Waals surface area contributed by atoms with Gasteiger partial charge >= 0.3 is 7.60 Å². The Balaban J connectivity index is 0.000000641. The Kier molecular flexibility index (Phi) is 11.0. The van der Waals surface area contributed by atoms with Crippen LogP contribution in [0.4, 0.5) is 0 Å². The molecule has 0 aliphatic carbocycles. The van der Waals surface area contributed by atoms with E-state index in [0.29, 0.717) is 18.6 Å². The van der Waals surface area contributed by atoms with Gasteiger partial charge in [0.1, 0.15) is 11.5 Å². The molecule has 4 N–H and O–H groups in total. The van der Waals surface area contributed by atoms with Crippen molar-refractivity contribution in [3.8, 4) is 11.5 Å². The Morgan fingerprint density at radius 2 is 1.51 bits per heavy atom. The van der Waals surface area contributed by atoms with E-state index in [1.165, 1.54) is 0 Å². The summed E-state index contributed by atoms with van der Waals surface area (Å²) in [5, 5.41) is 18.4. The van der Waals surface area contributed by atoms with E-state index in [1.807, 2.05) is 75.3 Å². The van der Waals surface area contributed by atoms with E-state index in [2.05, 4.69) is 0 Å². The van der Waals surface area contributed by atoms with Crippen LogP contribution in [0.15, 0.2) is 60.7 Å². The van der Waals surface area contributed by atoms with Crippen LogP contribution in [0.5, 0.6) is 11.5 Å². The van der Waals surface area contributed by atoms with Gasteiger partial charge in [-0.2, -0.15) is 0 Å². The van der Waals surface area contributed by atoms with Gasteiger partial charge in [0.05, 0.1) is 6.61 Å². The SMILES string of the molecule is CN(C)CCO.Cc1cc(OCP(=O)(O)O)cc(C)c1Cc1ccc(O)c(Cc2ccccc2)c1. The molecule has 8 heteroatoms. The molecule has 190 valence electrons. The van der Waals surface area contributed by atoms with Crippen molar-refractivity contribution in [1.29, 1.82) is 0 Å². The number of benzene rings is 3. The highest BCUT2D eigenvalue weighted by molar-refractivity contribution is 7.51. The molecule has 0 saturated carbocycles. The minimum Gasteiger partial charge on any atom is -0.508 e. The molecule has 0 radical (unpaired) electrons. The molecule has 35 heavy (non-hydrogen) atoms. The first kappa shape index (κ1) is 28.6. The second-order valence-corrected chi connectivity index (χ2v) is 10.4. The minimum absolute atomic E-state index is 0.257. The second kappa shape index (κ2) is 13.4. The monoisotopic (exact) mass is 501 g/mol.